The smallest absolute Gasteiger partial charge is 0.211 e. The van der Waals surface area contributed by atoms with E-state index in [1.54, 1.807) is 0 Å². The Bertz CT molecular complexity index is 587. The number of nitrogens with zero attached hydrogens (tertiary/aromatic N) is 2. The van der Waals surface area contributed by atoms with E-state index in [4.69, 9.17) is 0 Å². The van der Waals surface area contributed by atoms with E-state index in [2.05, 4.69) is 11.4 Å². The molecule has 1 aliphatic heterocycles. The highest BCUT2D eigenvalue weighted by Crippen LogP contribution is 2.16. The van der Waals surface area contributed by atoms with Gasteiger partial charge in [0.15, 0.2) is 0 Å². The van der Waals surface area contributed by atoms with Crippen LogP contribution in [0.25, 0.3) is 0 Å². The Balaban J connectivity index is 1.83. The largest absolute Gasteiger partial charge is 0.312 e. The predicted octanol–water partition coefficient (Wildman–Crippen LogP) is 1.31. The molecule has 0 radical (unpaired) electrons. The number of benzene rings is 1. The van der Waals surface area contributed by atoms with Crippen LogP contribution in [0.2, 0.25) is 0 Å². The third kappa shape index (κ3) is 4.53. The molecule has 1 atom stereocenters. The summed E-state index contributed by atoms with van der Waals surface area (Å²) < 4.78 is 24.4. The molecule has 5 nitrogen and oxygen atoms in total. The highest BCUT2D eigenvalue weighted by molar-refractivity contribution is 7.88. The first-order valence-corrected chi connectivity index (χ1v) is 8.98. The van der Waals surface area contributed by atoms with E-state index < -0.39 is 10.0 Å². The molecule has 1 saturated heterocycles. The highest BCUT2D eigenvalue weighted by atomic mass is 32.2. The molecule has 1 unspecified atom stereocenters. The molecule has 0 aliphatic carbocycles. The molecule has 0 amide bonds. The molecule has 1 N–H and O–H groups in total. The molecule has 1 aliphatic rings. The molecule has 0 aromatic heterocycles. The molecule has 0 spiro atoms. The van der Waals surface area contributed by atoms with Gasteiger partial charge in [0.25, 0.3) is 0 Å². The number of nitriles is 1. The van der Waals surface area contributed by atoms with E-state index in [1.807, 2.05) is 30.3 Å². The van der Waals surface area contributed by atoms with E-state index >= 15 is 0 Å². The Morgan fingerprint density at radius 3 is 2.48 bits per heavy atom. The molecule has 21 heavy (non-hydrogen) atoms. The van der Waals surface area contributed by atoms with Crippen LogP contribution < -0.4 is 5.32 Å². The van der Waals surface area contributed by atoms with Gasteiger partial charge in [-0.15, -0.1) is 0 Å². The van der Waals surface area contributed by atoms with Crippen LogP contribution in [0.4, 0.5) is 0 Å². The van der Waals surface area contributed by atoms with Crippen LogP contribution in [0.5, 0.6) is 0 Å². The summed E-state index contributed by atoms with van der Waals surface area (Å²) in [6.07, 6.45) is 2.84. The average molecular weight is 307 g/mol. The summed E-state index contributed by atoms with van der Waals surface area (Å²) in [5.41, 5.74) is 1.01. The van der Waals surface area contributed by atoms with E-state index in [-0.39, 0.29) is 12.0 Å². The monoisotopic (exact) mass is 307 g/mol. The van der Waals surface area contributed by atoms with Crippen molar-refractivity contribution in [1.29, 1.82) is 5.26 Å². The summed E-state index contributed by atoms with van der Waals surface area (Å²) in [5, 5.41) is 12.7. The van der Waals surface area contributed by atoms with Gasteiger partial charge in [-0.25, -0.2) is 12.7 Å². The third-order valence-corrected chi connectivity index (χ3v) is 5.19. The van der Waals surface area contributed by atoms with Crippen molar-refractivity contribution in [3.8, 4) is 6.07 Å². The van der Waals surface area contributed by atoms with Gasteiger partial charge in [0.05, 0.1) is 18.2 Å². The van der Waals surface area contributed by atoms with E-state index in [0.29, 0.717) is 19.6 Å². The molecule has 1 heterocycles. The molecule has 1 aromatic carbocycles. The van der Waals surface area contributed by atoms with E-state index in [1.165, 1.54) is 10.6 Å². The number of nitrogens with one attached hydrogen (secondary N) is 1. The summed E-state index contributed by atoms with van der Waals surface area (Å²) in [4.78, 5) is 0. The lowest BCUT2D eigenvalue weighted by atomic mass is 9.99. The van der Waals surface area contributed by atoms with Gasteiger partial charge >= 0.3 is 0 Å². The molecule has 114 valence electrons. The summed E-state index contributed by atoms with van der Waals surface area (Å²) in [6.45, 7) is 1.71. The first-order valence-electron chi connectivity index (χ1n) is 7.14. The number of piperidine rings is 1. The van der Waals surface area contributed by atoms with Crippen molar-refractivity contribution >= 4 is 10.0 Å². The zero-order chi connectivity index (χ0) is 15.3. The third-order valence-electron chi connectivity index (χ3n) is 3.89. The highest BCUT2D eigenvalue weighted by Gasteiger charge is 2.25. The topological polar surface area (TPSA) is 73.2 Å². The molecule has 1 fully saturated rings. The lowest BCUT2D eigenvalue weighted by Gasteiger charge is -2.31. The van der Waals surface area contributed by atoms with E-state index in [0.717, 1.165) is 18.4 Å². The molecule has 1 aromatic rings. The van der Waals surface area contributed by atoms with Crippen LogP contribution in [0.3, 0.4) is 0 Å². The predicted molar refractivity (Wildman–Crippen MR) is 82.2 cm³/mol. The lowest BCUT2D eigenvalue weighted by molar-refractivity contribution is 0.290. The number of hydrogen-bond acceptors (Lipinski definition) is 4. The Labute approximate surface area is 126 Å². The second-order valence-electron chi connectivity index (χ2n) is 5.44. The van der Waals surface area contributed by atoms with Crippen molar-refractivity contribution in [1.82, 2.24) is 9.62 Å². The van der Waals surface area contributed by atoms with Gasteiger partial charge in [-0.05, 0) is 18.4 Å². The Hall–Kier alpha value is -1.42. The van der Waals surface area contributed by atoms with Gasteiger partial charge in [0.2, 0.25) is 10.0 Å². The second kappa shape index (κ2) is 7.03. The maximum absolute atomic E-state index is 11.5. The number of rotatable bonds is 5. The molecule has 2 rings (SSSR count). The van der Waals surface area contributed by atoms with Gasteiger partial charge in [0.1, 0.15) is 0 Å². The van der Waals surface area contributed by atoms with Crippen molar-refractivity contribution in [2.45, 2.75) is 24.8 Å². The van der Waals surface area contributed by atoms with Gasteiger partial charge in [-0.3, -0.25) is 0 Å². The van der Waals surface area contributed by atoms with Crippen molar-refractivity contribution in [3.05, 3.63) is 35.9 Å². The van der Waals surface area contributed by atoms with Crippen molar-refractivity contribution < 1.29 is 8.42 Å². The van der Waals surface area contributed by atoms with Crippen molar-refractivity contribution in [3.63, 3.8) is 0 Å². The first kappa shape index (κ1) is 16.0. The van der Waals surface area contributed by atoms with Crippen molar-refractivity contribution in [2.75, 3.05) is 25.9 Å². The minimum absolute atomic E-state index is 0.167. The zero-order valence-electron chi connectivity index (χ0n) is 12.2. The van der Waals surface area contributed by atoms with Crippen molar-refractivity contribution in [2.24, 2.45) is 0 Å². The van der Waals surface area contributed by atoms with Crippen LogP contribution in [-0.4, -0.2) is 44.7 Å². The Morgan fingerprint density at radius 2 is 1.95 bits per heavy atom. The molecule has 0 bridgehead atoms. The maximum Gasteiger partial charge on any atom is 0.211 e. The Kier molecular flexibility index (Phi) is 5.34. The fourth-order valence-electron chi connectivity index (χ4n) is 2.60. The van der Waals surface area contributed by atoms with Gasteiger partial charge < -0.3 is 5.32 Å². The molecule has 0 saturated carbocycles. The van der Waals surface area contributed by atoms with Crippen LogP contribution >= 0.6 is 0 Å². The second-order valence-corrected chi connectivity index (χ2v) is 7.42. The standard InChI is InChI=1S/C15H21N3O2S/c1-21(19,20)18-9-7-15(8-10-18)17-12-14(11-16)13-5-3-2-4-6-13/h2-6,14-15,17H,7-10,12H2,1H3. The fourth-order valence-corrected chi connectivity index (χ4v) is 3.47. The van der Waals surface area contributed by atoms with E-state index in [9.17, 15) is 13.7 Å². The minimum Gasteiger partial charge on any atom is -0.312 e. The first-order chi connectivity index (χ1) is 10.0. The number of hydrogen-bond donors (Lipinski definition) is 1. The zero-order valence-corrected chi connectivity index (χ0v) is 13.0. The summed E-state index contributed by atoms with van der Waals surface area (Å²) in [7, 11) is -3.08. The van der Waals surface area contributed by atoms with Crippen LogP contribution in [0.1, 0.15) is 24.3 Å². The van der Waals surface area contributed by atoms with Crippen LogP contribution in [0, 0.1) is 11.3 Å². The fraction of sp³-hybridized carbons (Fsp3) is 0.533. The number of sulfonamides is 1. The van der Waals surface area contributed by atoms with Crippen LogP contribution in [0.15, 0.2) is 30.3 Å². The quantitative estimate of drug-likeness (QED) is 0.890. The Morgan fingerprint density at radius 1 is 1.33 bits per heavy atom. The van der Waals surface area contributed by atoms with Gasteiger partial charge in [0, 0.05) is 25.7 Å². The summed E-state index contributed by atoms with van der Waals surface area (Å²) in [6, 6.07) is 12.3. The molecular weight excluding hydrogens is 286 g/mol. The lowest BCUT2D eigenvalue weighted by Crippen LogP contribution is -2.45. The summed E-state index contributed by atoms with van der Waals surface area (Å²) >= 11 is 0. The SMILES string of the molecule is CS(=O)(=O)N1CCC(NCC(C#N)c2ccccc2)CC1. The normalized spacial score (nSPS) is 19.0. The van der Waals surface area contributed by atoms with Gasteiger partial charge in [-0.2, -0.15) is 5.26 Å². The summed E-state index contributed by atoms with van der Waals surface area (Å²) in [5.74, 6) is -0.167. The van der Waals surface area contributed by atoms with Gasteiger partial charge in [-0.1, -0.05) is 30.3 Å². The van der Waals surface area contributed by atoms with Crippen LogP contribution in [-0.2, 0) is 10.0 Å². The molecule has 6 heteroatoms. The average Bonchev–Trinajstić information content (AvgIpc) is 2.48. The molecular formula is C15H21N3O2S. The minimum atomic E-state index is -3.08. The maximum atomic E-state index is 11.5.